The molecule has 0 saturated carbocycles. The van der Waals surface area contributed by atoms with Gasteiger partial charge in [-0.3, -0.25) is 10.1 Å². The third-order valence-electron chi connectivity index (χ3n) is 3.63. The van der Waals surface area contributed by atoms with Crippen molar-refractivity contribution in [3.8, 4) is 0 Å². The van der Waals surface area contributed by atoms with Crippen LogP contribution >= 0.6 is 0 Å². The molecule has 0 aliphatic carbocycles. The van der Waals surface area contributed by atoms with Gasteiger partial charge in [0.2, 0.25) is 5.82 Å². The average molecular weight is 278 g/mol. The Morgan fingerprint density at radius 1 is 1.60 bits per heavy atom. The van der Waals surface area contributed by atoms with Gasteiger partial charge >= 0.3 is 5.69 Å². The number of rotatable bonds is 6. The van der Waals surface area contributed by atoms with Crippen LogP contribution in [0, 0.1) is 16.0 Å². The maximum absolute atomic E-state index is 11.1. The Kier molecular flexibility index (Phi) is 5.29. The van der Waals surface area contributed by atoms with Gasteiger partial charge in [-0.2, -0.15) is 0 Å². The van der Waals surface area contributed by atoms with Crippen molar-refractivity contribution in [1.82, 2.24) is 10.3 Å². The van der Waals surface area contributed by atoms with E-state index in [-0.39, 0.29) is 10.6 Å². The van der Waals surface area contributed by atoms with Crippen LogP contribution in [0.3, 0.4) is 0 Å². The van der Waals surface area contributed by atoms with Crippen molar-refractivity contribution in [2.24, 2.45) is 5.92 Å². The number of anilines is 1. The molecule has 0 aromatic carbocycles. The number of hydrogen-bond acceptors (Lipinski definition) is 5. The number of nitrogens with zero attached hydrogens (tertiary/aromatic N) is 3. The Morgan fingerprint density at radius 3 is 3.10 bits per heavy atom. The fraction of sp³-hybridized carbons (Fsp3) is 0.643. The lowest BCUT2D eigenvalue weighted by Crippen LogP contribution is -2.39. The number of aromatic nitrogens is 1. The molecule has 1 unspecified atom stereocenters. The third kappa shape index (κ3) is 3.66. The van der Waals surface area contributed by atoms with Gasteiger partial charge in [0.05, 0.1) is 4.92 Å². The smallest absolute Gasteiger partial charge is 0.311 e. The van der Waals surface area contributed by atoms with Crippen molar-refractivity contribution in [1.29, 1.82) is 0 Å². The van der Waals surface area contributed by atoms with Crippen molar-refractivity contribution in [2.45, 2.75) is 26.2 Å². The van der Waals surface area contributed by atoms with E-state index in [0.29, 0.717) is 11.7 Å². The summed E-state index contributed by atoms with van der Waals surface area (Å²) in [5, 5.41) is 14.5. The van der Waals surface area contributed by atoms with E-state index in [1.165, 1.54) is 18.9 Å². The molecule has 1 aliphatic rings. The summed E-state index contributed by atoms with van der Waals surface area (Å²) in [6.07, 6.45) is 4.93. The normalized spacial score (nSPS) is 18.8. The summed E-state index contributed by atoms with van der Waals surface area (Å²) in [6.45, 7) is 5.78. The molecule has 0 spiro atoms. The number of hydrogen-bond donors (Lipinski definition) is 1. The summed E-state index contributed by atoms with van der Waals surface area (Å²) in [5.74, 6) is 1.04. The number of piperidine rings is 1. The molecular weight excluding hydrogens is 256 g/mol. The molecule has 1 N–H and O–H groups in total. The quantitative estimate of drug-likeness (QED) is 0.638. The van der Waals surface area contributed by atoms with Crippen molar-refractivity contribution < 1.29 is 4.92 Å². The molecule has 1 aromatic rings. The van der Waals surface area contributed by atoms with Gasteiger partial charge in [-0.25, -0.2) is 4.98 Å². The van der Waals surface area contributed by atoms with E-state index in [9.17, 15) is 10.1 Å². The van der Waals surface area contributed by atoms with Crippen molar-refractivity contribution >= 4 is 11.5 Å². The van der Waals surface area contributed by atoms with Gasteiger partial charge in [0.15, 0.2) is 0 Å². The lowest BCUT2D eigenvalue weighted by molar-refractivity contribution is -0.384. The first-order valence-corrected chi connectivity index (χ1v) is 7.27. The lowest BCUT2D eigenvalue weighted by Gasteiger charge is -2.30. The lowest BCUT2D eigenvalue weighted by atomic mass is 9.99. The molecule has 6 nitrogen and oxygen atoms in total. The Bertz CT molecular complexity index is 447. The standard InChI is InChI=1S/C14H22N4O2/c1-2-9-17(11-12-5-3-7-15-10-12)14-13(18(19)20)6-4-8-16-14/h4,6,8,12,15H,2-3,5,7,9-11H2,1H3. The Balaban J connectivity index is 2.16. The SMILES string of the molecule is CCCN(CC1CCCNC1)c1ncccc1[N+](=O)[O-]. The largest absolute Gasteiger partial charge is 0.351 e. The molecule has 0 radical (unpaired) electrons. The van der Waals surface area contributed by atoms with Gasteiger partial charge in [0.1, 0.15) is 0 Å². The maximum atomic E-state index is 11.1. The zero-order valence-electron chi connectivity index (χ0n) is 11.9. The first kappa shape index (κ1) is 14.7. The first-order chi connectivity index (χ1) is 9.72. The summed E-state index contributed by atoms with van der Waals surface area (Å²) < 4.78 is 0. The van der Waals surface area contributed by atoms with Crippen LogP contribution in [0.25, 0.3) is 0 Å². The van der Waals surface area contributed by atoms with Crippen LogP contribution in [-0.2, 0) is 0 Å². The Morgan fingerprint density at radius 2 is 2.45 bits per heavy atom. The Labute approximate surface area is 119 Å². The second-order valence-corrected chi connectivity index (χ2v) is 5.26. The summed E-state index contributed by atoms with van der Waals surface area (Å²) in [7, 11) is 0. The topological polar surface area (TPSA) is 71.3 Å². The zero-order valence-corrected chi connectivity index (χ0v) is 11.9. The van der Waals surface area contributed by atoms with E-state index >= 15 is 0 Å². The molecule has 0 bridgehead atoms. The number of nitro groups is 1. The maximum Gasteiger partial charge on any atom is 0.311 e. The second-order valence-electron chi connectivity index (χ2n) is 5.26. The first-order valence-electron chi connectivity index (χ1n) is 7.27. The van der Waals surface area contributed by atoms with Crippen LogP contribution < -0.4 is 10.2 Å². The van der Waals surface area contributed by atoms with E-state index in [0.717, 1.165) is 32.6 Å². The van der Waals surface area contributed by atoms with Crippen LogP contribution in [0.1, 0.15) is 26.2 Å². The van der Waals surface area contributed by atoms with E-state index in [2.05, 4.69) is 22.1 Å². The molecule has 2 rings (SSSR count). The average Bonchev–Trinajstić information content (AvgIpc) is 2.48. The fourth-order valence-electron chi connectivity index (χ4n) is 2.72. The molecule has 110 valence electrons. The molecule has 6 heteroatoms. The van der Waals surface area contributed by atoms with Crippen molar-refractivity contribution in [3.05, 3.63) is 28.4 Å². The Hall–Kier alpha value is -1.69. The van der Waals surface area contributed by atoms with Crippen LogP contribution in [0.5, 0.6) is 0 Å². The van der Waals surface area contributed by atoms with E-state index in [4.69, 9.17) is 0 Å². The third-order valence-corrected chi connectivity index (χ3v) is 3.63. The number of nitrogens with one attached hydrogen (secondary N) is 1. The minimum Gasteiger partial charge on any atom is -0.351 e. The second kappa shape index (κ2) is 7.19. The highest BCUT2D eigenvalue weighted by Crippen LogP contribution is 2.26. The molecule has 1 aromatic heterocycles. The summed E-state index contributed by atoms with van der Waals surface area (Å²) >= 11 is 0. The van der Waals surface area contributed by atoms with E-state index in [1.54, 1.807) is 12.3 Å². The van der Waals surface area contributed by atoms with Gasteiger partial charge < -0.3 is 10.2 Å². The van der Waals surface area contributed by atoms with Gasteiger partial charge in [-0.05, 0) is 44.3 Å². The van der Waals surface area contributed by atoms with Crippen LogP contribution in [0.2, 0.25) is 0 Å². The van der Waals surface area contributed by atoms with Gasteiger partial charge in [0, 0.05) is 25.4 Å². The van der Waals surface area contributed by atoms with Crippen LogP contribution in [0.15, 0.2) is 18.3 Å². The molecular formula is C14H22N4O2. The molecule has 1 saturated heterocycles. The zero-order chi connectivity index (χ0) is 14.4. The summed E-state index contributed by atoms with van der Waals surface area (Å²) in [4.78, 5) is 17.1. The van der Waals surface area contributed by atoms with Crippen molar-refractivity contribution in [2.75, 3.05) is 31.1 Å². The fourth-order valence-corrected chi connectivity index (χ4v) is 2.72. The molecule has 0 amide bonds. The molecule has 1 aliphatic heterocycles. The molecule has 20 heavy (non-hydrogen) atoms. The highest BCUT2D eigenvalue weighted by Gasteiger charge is 2.23. The summed E-state index contributed by atoms with van der Waals surface area (Å²) in [6, 6.07) is 3.15. The monoisotopic (exact) mass is 278 g/mol. The molecule has 1 fully saturated rings. The highest BCUT2D eigenvalue weighted by atomic mass is 16.6. The molecule has 2 heterocycles. The predicted octanol–water partition coefficient (Wildman–Crippen LogP) is 2.21. The van der Waals surface area contributed by atoms with E-state index < -0.39 is 0 Å². The van der Waals surface area contributed by atoms with Gasteiger partial charge in [-0.1, -0.05) is 6.92 Å². The molecule has 1 atom stereocenters. The number of pyridine rings is 1. The van der Waals surface area contributed by atoms with Gasteiger partial charge in [-0.15, -0.1) is 0 Å². The van der Waals surface area contributed by atoms with Crippen molar-refractivity contribution in [3.63, 3.8) is 0 Å². The minimum absolute atomic E-state index is 0.102. The van der Waals surface area contributed by atoms with Crippen LogP contribution in [0.4, 0.5) is 11.5 Å². The predicted molar refractivity (Wildman–Crippen MR) is 79.0 cm³/mol. The van der Waals surface area contributed by atoms with Gasteiger partial charge in [0.25, 0.3) is 0 Å². The summed E-state index contributed by atoms with van der Waals surface area (Å²) in [5.41, 5.74) is 0.102. The van der Waals surface area contributed by atoms with E-state index in [1.807, 2.05) is 0 Å². The highest BCUT2D eigenvalue weighted by molar-refractivity contribution is 5.57. The van der Waals surface area contributed by atoms with Crippen LogP contribution in [-0.4, -0.2) is 36.1 Å². The minimum atomic E-state index is -0.343.